The topological polar surface area (TPSA) is 29.1 Å². The molecule has 4 aliphatic rings. The van der Waals surface area contributed by atoms with Gasteiger partial charge in [-0.3, -0.25) is 4.79 Å². The van der Waals surface area contributed by atoms with E-state index >= 15 is 0 Å². The van der Waals surface area contributed by atoms with Crippen LogP contribution in [0, 0.1) is 23.2 Å². The Balaban J connectivity index is 1.57. The number of unbranched alkanes of at least 4 members (excludes halogenated alkanes) is 2. The average molecular weight is 277 g/mol. The van der Waals surface area contributed by atoms with E-state index in [9.17, 15) is 4.79 Å². The summed E-state index contributed by atoms with van der Waals surface area (Å²) < 4.78 is 0. The van der Waals surface area contributed by atoms with Gasteiger partial charge in [0.1, 0.15) is 0 Å². The fourth-order valence-corrected chi connectivity index (χ4v) is 5.54. The summed E-state index contributed by atoms with van der Waals surface area (Å²) in [6.07, 6.45) is 12.7. The maximum atomic E-state index is 12.8. The van der Waals surface area contributed by atoms with E-state index in [0.29, 0.717) is 11.9 Å². The van der Waals surface area contributed by atoms with Crippen molar-refractivity contribution < 1.29 is 4.79 Å². The van der Waals surface area contributed by atoms with E-state index in [1.807, 2.05) is 0 Å². The van der Waals surface area contributed by atoms with Crippen LogP contribution in [-0.4, -0.2) is 11.9 Å². The zero-order valence-electron chi connectivity index (χ0n) is 13.3. The van der Waals surface area contributed by atoms with Gasteiger partial charge in [0.25, 0.3) is 0 Å². The second kappa shape index (κ2) is 5.69. The maximum Gasteiger partial charge on any atom is 0.226 e. The third kappa shape index (κ3) is 2.76. The molecular formula is C18H31NO. The van der Waals surface area contributed by atoms with Gasteiger partial charge in [0, 0.05) is 11.5 Å². The van der Waals surface area contributed by atoms with Gasteiger partial charge in [0.05, 0.1) is 0 Å². The van der Waals surface area contributed by atoms with Crippen LogP contribution in [-0.2, 0) is 4.79 Å². The molecule has 1 atom stereocenters. The van der Waals surface area contributed by atoms with E-state index in [0.717, 1.165) is 24.2 Å². The lowest BCUT2D eigenvalue weighted by molar-refractivity contribution is -0.147. The number of amides is 1. The van der Waals surface area contributed by atoms with Gasteiger partial charge in [-0.1, -0.05) is 26.2 Å². The Morgan fingerprint density at radius 3 is 2.15 bits per heavy atom. The lowest BCUT2D eigenvalue weighted by Gasteiger charge is -2.55. The molecular weight excluding hydrogens is 246 g/mol. The third-order valence-electron chi connectivity index (χ3n) is 6.14. The molecule has 0 aliphatic heterocycles. The number of carbonyl (C=O) groups excluding carboxylic acids is 1. The van der Waals surface area contributed by atoms with Gasteiger partial charge in [-0.2, -0.15) is 0 Å². The van der Waals surface area contributed by atoms with Crippen LogP contribution in [0.3, 0.4) is 0 Å². The van der Waals surface area contributed by atoms with Crippen LogP contribution >= 0.6 is 0 Å². The van der Waals surface area contributed by atoms with Gasteiger partial charge in [-0.15, -0.1) is 0 Å². The molecule has 4 saturated carbocycles. The van der Waals surface area contributed by atoms with Gasteiger partial charge in [0.15, 0.2) is 0 Å². The number of nitrogens with one attached hydrogen (secondary N) is 1. The van der Waals surface area contributed by atoms with Gasteiger partial charge >= 0.3 is 0 Å². The van der Waals surface area contributed by atoms with E-state index in [-0.39, 0.29) is 5.41 Å². The lowest BCUT2D eigenvalue weighted by Crippen LogP contribution is -2.54. The van der Waals surface area contributed by atoms with E-state index in [1.54, 1.807) is 0 Å². The van der Waals surface area contributed by atoms with Crippen molar-refractivity contribution in [2.24, 2.45) is 23.2 Å². The molecule has 0 spiro atoms. The van der Waals surface area contributed by atoms with E-state index in [4.69, 9.17) is 0 Å². The molecule has 2 heteroatoms. The number of hydrogen-bond donors (Lipinski definition) is 1. The third-order valence-corrected chi connectivity index (χ3v) is 6.14. The molecule has 20 heavy (non-hydrogen) atoms. The number of carbonyl (C=O) groups is 1. The predicted molar refractivity (Wildman–Crippen MR) is 82.4 cm³/mol. The highest BCUT2D eigenvalue weighted by Gasteiger charge is 2.54. The first kappa shape index (κ1) is 14.4. The standard InChI is InChI=1S/C18H31NO/c1-3-4-5-6-13(2)19-17(20)18-10-14-7-15(11-18)9-16(8-14)12-18/h13-16H,3-12H2,1-2H3,(H,19,20). The van der Waals surface area contributed by atoms with Crippen LogP contribution in [0.4, 0.5) is 0 Å². The van der Waals surface area contributed by atoms with Crippen molar-refractivity contribution in [2.75, 3.05) is 0 Å². The fraction of sp³-hybridized carbons (Fsp3) is 0.944. The molecule has 0 radical (unpaired) electrons. The molecule has 1 N–H and O–H groups in total. The Morgan fingerprint density at radius 2 is 1.65 bits per heavy atom. The van der Waals surface area contributed by atoms with Gasteiger partial charge in [0.2, 0.25) is 5.91 Å². The summed E-state index contributed by atoms with van der Waals surface area (Å²) >= 11 is 0. The highest BCUT2D eigenvalue weighted by molar-refractivity contribution is 5.83. The van der Waals surface area contributed by atoms with Gasteiger partial charge < -0.3 is 5.32 Å². The lowest BCUT2D eigenvalue weighted by atomic mass is 9.49. The first-order valence-electron chi connectivity index (χ1n) is 8.92. The molecule has 4 rings (SSSR count). The Labute approximate surface area is 124 Å². The van der Waals surface area contributed by atoms with Gasteiger partial charge in [-0.25, -0.2) is 0 Å². The molecule has 2 nitrogen and oxygen atoms in total. The number of rotatable bonds is 6. The number of hydrogen-bond acceptors (Lipinski definition) is 1. The summed E-state index contributed by atoms with van der Waals surface area (Å²) in [5.74, 6) is 2.99. The Hall–Kier alpha value is -0.530. The van der Waals surface area contributed by atoms with Crippen molar-refractivity contribution in [3.63, 3.8) is 0 Å². The summed E-state index contributed by atoms with van der Waals surface area (Å²) in [7, 11) is 0. The minimum Gasteiger partial charge on any atom is -0.353 e. The predicted octanol–water partition coefficient (Wildman–Crippen LogP) is 4.29. The van der Waals surface area contributed by atoms with Crippen molar-refractivity contribution >= 4 is 5.91 Å². The van der Waals surface area contributed by atoms with Crippen molar-refractivity contribution in [2.45, 2.75) is 84.1 Å². The monoisotopic (exact) mass is 277 g/mol. The molecule has 1 unspecified atom stereocenters. The zero-order valence-corrected chi connectivity index (χ0v) is 13.3. The summed E-state index contributed by atoms with van der Waals surface area (Å²) in [4.78, 5) is 12.8. The second-order valence-electron chi connectivity index (χ2n) is 8.07. The van der Waals surface area contributed by atoms with Crippen LogP contribution in [0.1, 0.15) is 78.1 Å². The van der Waals surface area contributed by atoms with E-state index < -0.39 is 0 Å². The second-order valence-corrected chi connectivity index (χ2v) is 8.07. The maximum absolute atomic E-state index is 12.8. The summed E-state index contributed by atoms with van der Waals surface area (Å²) in [5.41, 5.74) is 0.0355. The van der Waals surface area contributed by atoms with Crippen LogP contribution in [0.15, 0.2) is 0 Å². The normalized spacial score (nSPS) is 39.8. The molecule has 0 heterocycles. The van der Waals surface area contributed by atoms with Crippen molar-refractivity contribution in [1.29, 1.82) is 0 Å². The molecule has 0 saturated heterocycles. The summed E-state index contributed by atoms with van der Waals surface area (Å²) in [5, 5.41) is 3.36. The molecule has 4 fully saturated rings. The van der Waals surface area contributed by atoms with Crippen molar-refractivity contribution in [1.82, 2.24) is 5.32 Å². The highest BCUT2D eigenvalue weighted by Crippen LogP contribution is 2.60. The molecule has 114 valence electrons. The van der Waals surface area contributed by atoms with Crippen LogP contribution in [0.2, 0.25) is 0 Å². The van der Waals surface area contributed by atoms with Crippen molar-refractivity contribution in [3.05, 3.63) is 0 Å². The summed E-state index contributed by atoms with van der Waals surface area (Å²) in [6.45, 7) is 4.42. The quantitative estimate of drug-likeness (QED) is 0.721. The van der Waals surface area contributed by atoms with Crippen LogP contribution < -0.4 is 5.32 Å². The molecule has 0 aromatic heterocycles. The molecule has 1 amide bonds. The Morgan fingerprint density at radius 1 is 1.10 bits per heavy atom. The van der Waals surface area contributed by atoms with Crippen molar-refractivity contribution in [3.8, 4) is 0 Å². The minimum atomic E-state index is 0.0355. The van der Waals surface area contributed by atoms with E-state index in [1.165, 1.54) is 57.8 Å². The molecule has 4 aliphatic carbocycles. The fourth-order valence-electron chi connectivity index (χ4n) is 5.54. The SMILES string of the molecule is CCCCCC(C)NC(=O)C12CC3CC(CC(C3)C1)C2. The Bertz CT molecular complexity index is 327. The first-order valence-corrected chi connectivity index (χ1v) is 8.92. The van der Waals surface area contributed by atoms with E-state index in [2.05, 4.69) is 19.2 Å². The largest absolute Gasteiger partial charge is 0.353 e. The highest BCUT2D eigenvalue weighted by atomic mass is 16.2. The van der Waals surface area contributed by atoms with Gasteiger partial charge in [-0.05, 0) is 69.6 Å². The molecule has 0 aromatic carbocycles. The molecule has 0 aromatic rings. The molecule has 4 bridgehead atoms. The Kier molecular flexibility index (Phi) is 4.10. The van der Waals surface area contributed by atoms with Crippen LogP contribution in [0.5, 0.6) is 0 Å². The average Bonchev–Trinajstić information content (AvgIpc) is 2.37. The van der Waals surface area contributed by atoms with Crippen LogP contribution in [0.25, 0.3) is 0 Å². The minimum absolute atomic E-state index is 0.0355. The summed E-state index contributed by atoms with van der Waals surface area (Å²) in [6, 6.07) is 0.363. The first-order chi connectivity index (χ1) is 9.61. The zero-order chi connectivity index (χ0) is 14.2. The smallest absolute Gasteiger partial charge is 0.226 e.